The van der Waals surface area contributed by atoms with Crippen LogP contribution in [0.15, 0.2) is 48.8 Å². The van der Waals surface area contributed by atoms with Crippen LogP contribution in [-0.4, -0.2) is 34.8 Å². The molecule has 1 amide bonds. The smallest absolute Gasteiger partial charge is 0.226 e. The Balaban J connectivity index is 1.76. The first kappa shape index (κ1) is 17.0. The molecule has 7 heteroatoms. The number of carbonyl (C=O) groups excluding carboxylic acids is 1. The molecular weight excluding hydrogens is 346 g/mol. The van der Waals surface area contributed by atoms with Crippen molar-refractivity contribution in [2.75, 3.05) is 19.5 Å². The Hall–Kier alpha value is -3.48. The third-order valence-electron chi connectivity index (χ3n) is 4.73. The van der Waals surface area contributed by atoms with E-state index in [4.69, 9.17) is 9.47 Å². The number of ether oxygens (including phenoxy) is 2. The highest BCUT2D eigenvalue weighted by atomic mass is 16.5. The predicted octanol–water partition coefficient (Wildman–Crippen LogP) is 3.07. The second-order valence-corrected chi connectivity index (χ2v) is 6.28. The molecule has 3 aromatic rings. The topological polar surface area (TPSA) is 85.6 Å². The first-order chi connectivity index (χ1) is 13.1. The summed E-state index contributed by atoms with van der Waals surface area (Å²) >= 11 is 0. The van der Waals surface area contributed by atoms with Crippen molar-refractivity contribution in [1.29, 1.82) is 0 Å². The summed E-state index contributed by atoms with van der Waals surface area (Å²) in [6.07, 6.45) is 1.95. The number of aromatic nitrogens is 2. The molecule has 1 aliphatic heterocycles. The van der Waals surface area contributed by atoms with Gasteiger partial charge in [-0.1, -0.05) is 6.07 Å². The zero-order valence-corrected chi connectivity index (χ0v) is 15.0. The molecule has 138 valence electrons. The van der Waals surface area contributed by atoms with E-state index in [1.54, 1.807) is 25.6 Å². The lowest BCUT2D eigenvalue weighted by molar-refractivity contribution is -0.116. The van der Waals surface area contributed by atoms with E-state index in [1.165, 1.54) is 7.11 Å². The van der Waals surface area contributed by atoms with Gasteiger partial charge in [0.25, 0.3) is 0 Å². The van der Waals surface area contributed by atoms with Gasteiger partial charge in [-0.15, -0.1) is 0 Å². The average Bonchev–Trinajstić information content (AvgIpc) is 3.11. The van der Waals surface area contributed by atoms with Gasteiger partial charge in [-0.3, -0.25) is 9.36 Å². The number of phenolic OH excluding ortho intramolecular Hbond substituents is 1. The summed E-state index contributed by atoms with van der Waals surface area (Å²) < 4.78 is 12.1. The van der Waals surface area contributed by atoms with Crippen LogP contribution in [0, 0.1) is 0 Å². The Kier molecular flexibility index (Phi) is 4.19. The van der Waals surface area contributed by atoms with Gasteiger partial charge < -0.3 is 19.9 Å². The van der Waals surface area contributed by atoms with Crippen LogP contribution in [0.3, 0.4) is 0 Å². The number of hydrogen-bond acceptors (Lipinski definition) is 5. The lowest BCUT2D eigenvalue weighted by Gasteiger charge is -2.23. The Labute approximate surface area is 156 Å². The number of aromatic hydroxyl groups is 1. The highest BCUT2D eigenvalue weighted by Gasteiger charge is 2.31. The summed E-state index contributed by atoms with van der Waals surface area (Å²) in [5, 5.41) is 13.0. The summed E-state index contributed by atoms with van der Waals surface area (Å²) in [5.41, 5.74) is 2.43. The van der Waals surface area contributed by atoms with Gasteiger partial charge in [-0.2, -0.15) is 0 Å². The molecule has 1 aliphatic rings. The van der Waals surface area contributed by atoms with Crippen LogP contribution < -0.4 is 14.8 Å². The first-order valence-electron chi connectivity index (χ1n) is 8.49. The van der Waals surface area contributed by atoms with Gasteiger partial charge >= 0.3 is 0 Å². The number of amides is 1. The number of phenols is 1. The SMILES string of the molecule is COc1ccc(-n2cnc3c2NC(=O)C[C@@H]3c2ccc(OC)c(O)c2)cc1. The van der Waals surface area contributed by atoms with Gasteiger partial charge in [-0.25, -0.2) is 4.98 Å². The molecule has 2 heterocycles. The van der Waals surface area contributed by atoms with E-state index in [0.717, 1.165) is 22.7 Å². The van der Waals surface area contributed by atoms with Crippen molar-refractivity contribution in [2.45, 2.75) is 12.3 Å². The maximum absolute atomic E-state index is 12.3. The molecule has 0 saturated heterocycles. The van der Waals surface area contributed by atoms with E-state index in [0.29, 0.717) is 11.6 Å². The second kappa shape index (κ2) is 6.68. The molecule has 0 radical (unpaired) electrons. The van der Waals surface area contributed by atoms with Crippen molar-refractivity contribution >= 4 is 11.7 Å². The van der Waals surface area contributed by atoms with Crippen LogP contribution in [0.25, 0.3) is 5.69 Å². The fraction of sp³-hybridized carbons (Fsp3) is 0.200. The van der Waals surface area contributed by atoms with E-state index < -0.39 is 0 Å². The lowest BCUT2D eigenvalue weighted by atomic mass is 9.89. The molecule has 27 heavy (non-hydrogen) atoms. The van der Waals surface area contributed by atoms with Crippen LogP contribution in [0.4, 0.5) is 5.82 Å². The van der Waals surface area contributed by atoms with Crippen molar-refractivity contribution in [1.82, 2.24) is 9.55 Å². The Morgan fingerprint density at radius 3 is 2.59 bits per heavy atom. The molecule has 1 atom stereocenters. The first-order valence-corrected chi connectivity index (χ1v) is 8.49. The van der Waals surface area contributed by atoms with Crippen LogP contribution in [0.5, 0.6) is 17.2 Å². The Morgan fingerprint density at radius 1 is 1.15 bits per heavy atom. The summed E-state index contributed by atoms with van der Waals surface area (Å²) in [6, 6.07) is 12.7. The van der Waals surface area contributed by atoms with Crippen molar-refractivity contribution in [3.05, 3.63) is 60.0 Å². The highest BCUT2D eigenvalue weighted by Crippen LogP contribution is 2.39. The minimum atomic E-state index is -0.245. The van der Waals surface area contributed by atoms with E-state index in [-0.39, 0.29) is 24.0 Å². The standard InChI is InChI=1S/C20H19N3O4/c1-26-14-6-4-13(5-7-14)23-11-21-19-15(10-18(25)22-20(19)23)12-3-8-17(27-2)16(24)9-12/h3-9,11,15,24H,10H2,1-2H3,(H,22,25)/t15-/m1/s1. The maximum Gasteiger partial charge on any atom is 0.226 e. The molecule has 0 fully saturated rings. The summed E-state index contributed by atoms with van der Waals surface area (Å²) in [7, 11) is 3.11. The Bertz CT molecular complexity index is 995. The summed E-state index contributed by atoms with van der Waals surface area (Å²) in [4.78, 5) is 16.9. The van der Waals surface area contributed by atoms with Crippen LogP contribution in [0.2, 0.25) is 0 Å². The molecule has 0 spiro atoms. The minimum absolute atomic E-state index is 0.0390. The van der Waals surface area contributed by atoms with Crippen LogP contribution >= 0.6 is 0 Å². The van der Waals surface area contributed by atoms with Crippen LogP contribution in [-0.2, 0) is 4.79 Å². The van der Waals surface area contributed by atoms with E-state index in [1.807, 2.05) is 34.9 Å². The Morgan fingerprint density at radius 2 is 1.93 bits per heavy atom. The van der Waals surface area contributed by atoms with Gasteiger partial charge in [0, 0.05) is 18.0 Å². The largest absolute Gasteiger partial charge is 0.504 e. The van der Waals surface area contributed by atoms with Crippen LogP contribution in [0.1, 0.15) is 23.6 Å². The number of nitrogens with zero attached hydrogens (tertiary/aromatic N) is 2. The number of imidazole rings is 1. The van der Waals surface area contributed by atoms with E-state index in [2.05, 4.69) is 10.3 Å². The molecular formula is C20H19N3O4. The zero-order chi connectivity index (χ0) is 19.0. The monoisotopic (exact) mass is 365 g/mol. The van der Waals surface area contributed by atoms with E-state index in [9.17, 15) is 9.90 Å². The van der Waals surface area contributed by atoms with Crippen molar-refractivity contribution in [2.24, 2.45) is 0 Å². The molecule has 0 unspecified atom stereocenters. The van der Waals surface area contributed by atoms with E-state index >= 15 is 0 Å². The number of rotatable bonds is 4. The number of nitrogens with one attached hydrogen (secondary N) is 1. The van der Waals surface area contributed by atoms with Crippen molar-refractivity contribution in [3.63, 3.8) is 0 Å². The molecule has 4 rings (SSSR count). The summed E-state index contributed by atoms with van der Waals surface area (Å²) in [6.45, 7) is 0. The maximum atomic E-state index is 12.3. The number of methoxy groups -OCH3 is 2. The molecule has 0 aliphatic carbocycles. The predicted molar refractivity (Wildman–Crippen MR) is 99.9 cm³/mol. The quantitative estimate of drug-likeness (QED) is 0.742. The van der Waals surface area contributed by atoms with Crippen molar-refractivity contribution < 1.29 is 19.4 Å². The number of fused-ring (bicyclic) bond motifs is 1. The van der Waals surface area contributed by atoms with Gasteiger partial charge in [0.05, 0.1) is 19.9 Å². The third kappa shape index (κ3) is 2.97. The normalized spacial score (nSPS) is 15.8. The molecule has 0 bridgehead atoms. The average molecular weight is 365 g/mol. The zero-order valence-electron chi connectivity index (χ0n) is 15.0. The van der Waals surface area contributed by atoms with Gasteiger partial charge in [0.1, 0.15) is 17.9 Å². The number of benzene rings is 2. The molecule has 1 aromatic heterocycles. The number of anilines is 1. The van der Waals surface area contributed by atoms with Gasteiger partial charge in [0.2, 0.25) is 5.91 Å². The number of hydrogen-bond donors (Lipinski definition) is 2. The van der Waals surface area contributed by atoms with Gasteiger partial charge in [-0.05, 0) is 42.0 Å². The lowest BCUT2D eigenvalue weighted by Crippen LogP contribution is -2.24. The fourth-order valence-electron chi connectivity index (χ4n) is 3.34. The molecule has 2 N–H and O–H groups in total. The molecule has 2 aromatic carbocycles. The highest BCUT2D eigenvalue weighted by molar-refractivity contribution is 5.94. The number of carbonyl (C=O) groups is 1. The fourth-order valence-corrected chi connectivity index (χ4v) is 3.34. The van der Waals surface area contributed by atoms with Gasteiger partial charge in [0.15, 0.2) is 11.5 Å². The second-order valence-electron chi connectivity index (χ2n) is 6.28. The minimum Gasteiger partial charge on any atom is -0.504 e. The van der Waals surface area contributed by atoms with Crippen molar-refractivity contribution in [3.8, 4) is 22.9 Å². The third-order valence-corrected chi connectivity index (χ3v) is 4.73. The molecule has 7 nitrogen and oxygen atoms in total. The molecule has 0 saturated carbocycles. The summed E-state index contributed by atoms with van der Waals surface area (Å²) in [5.74, 6) is 1.48.